The van der Waals surface area contributed by atoms with Gasteiger partial charge in [-0.3, -0.25) is 9.59 Å². The number of thiophene rings is 1. The summed E-state index contributed by atoms with van der Waals surface area (Å²) in [7, 11) is 1.31. The summed E-state index contributed by atoms with van der Waals surface area (Å²) in [6, 6.07) is 3.27. The molecule has 2 heterocycles. The van der Waals surface area contributed by atoms with Crippen molar-refractivity contribution in [3.63, 3.8) is 0 Å². The van der Waals surface area contributed by atoms with E-state index in [1.54, 1.807) is 0 Å². The van der Waals surface area contributed by atoms with Crippen LogP contribution < -0.4 is 5.32 Å². The summed E-state index contributed by atoms with van der Waals surface area (Å²) in [5, 5.41) is 14.2. The Bertz CT molecular complexity index is 538. The number of rotatable bonds is 5. The van der Waals surface area contributed by atoms with E-state index >= 15 is 0 Å². The van der Waals surface area contributed by atoms with Gasteiger partial charge in [0.15, 0.2) is 5.69 Å². The molecule has 0 aliphatic rings. The molecule has 100 valence electrons. The SMILES string of the molecule is COC(=O)CC(NC(=O)c1cn[nH]n1)c1cccs1. The van der Waals surface area contributed by atoms with E-state index in [9.17, 15) is 9.59 Å². The molecule has 1 atom stereocenters. The summed E-state index contributed by atoms with van der Waals surface area (Å²) in [5.41, 5.74) is 0.173. The van der Waals surface area contributed by atoms with Crippen molar-refractivity contribution in [3.05, 3.63) is 34.3 Å². The number of amides is 1. The van der Waals surface area contributed by atoms with Gasteiger partial charge in [0.05, 0.1) is 25.8 Å². The minimum absolute atomic E-state index is 0.0700. The molecular weight excluding hydrogens is 268 g/mol. The van der Waals surface area contributed by atoms with E-state index in [4.69, 9.17) is 0 Å². The molecule has 8 heteroatoms. The first-order chi connectivity index (χ1) is 9.20. The molecule has 7 nitrogen and oxygen atoms in total. The van der Waals surface area contributed by atoms with E-state index in [0.29, 0.717) is 0 Å². The fourth-order valence-electron chi connectivity index (χ4n) is 1.51. The number of nitrogens with one attached hydrogen (secondary N) is 2. The van der Waals surface area contributed by atoms with Crippen LogP contribution in [-0.4, -0.2) is 34.4 Å². The highest BCUT2D eigenvalue weighted by Gasteiger charge is 2.21. The smallest absolute Gasteiger partial charge is 0.307 e. The second-order valence-electron chi connectivity index (χ2n) is 3.68. The number of esters is 1. The Labute approximate surface area is 113 Å². The highest BCUT2D eigenvalue weighted by molar-refractivity contribution is 7.10. The lowest BCUT2D eigenvalue weighted by atomic mass is 10.1. The average molecular weight is 280 g/mol. The molecule has 0 saturated carbocycles. The van der Waals surface area contributed by atoms with Crippen LogP contribution in [0, 0.1) is 0 Å². The zero-order chi connectivity index (χ0) is 13.7. The van der Waals surface area contributed by atoms with Gasteiger partial charge in [0.25, 0.3) is 5.91 Å². The van der Waals surface area contributed by atoms with Crippen LogP contribution in [0.1, 0.15) is 27.8 Å². The van der Waals surface area contributed by atoms with Crippen molar-refractivity contribution in [1.82, 2.24) is 20.7 Å². The first-order valence-electron chi connectivity index (χ1n) is 5.47. The lowest BCUT2D eigenvalue weighted by molar-refractivity contribution is -0.141. The predicted octanol–water partition coefficient (Wildman–Crippen LogP) is 0.900. The number of aromatic amines is 1. The highest BCUT2D eigenvalue weighted by atomic mass is 32.1. The minimum Gasteiger partial charge on any atom is -0.469 e. The second-order valence-corrected chi connectivity index (χ2v) is 4.66. The number of aromatic nitrogens is 3. The second kappa shape index (κ2) is 6.10. The van der Waals surface area contributed by atoms with Crippen LogP contribution in [-0.2, 0) is 9.53 Å². The van der Waals surface area contributed by atoms with Gasteiger partial charge in [-0.15, -0.1) is 11.3 Å². The van der Waals surface area contributed by atoms with E-state index in [1.807, 2.05) is 17.5 Å². The maximum Gasteiger partial charge on any atom is 0.307 e. The Morgan fingerprint density at radius 3 is 3.00 bits per heavy atom. The first-order valence-corrected chi connectivity index (χ1v) is 6.35. The molecule has 2 rings (SSSR count). The van der Waals surface area contributed by atoms with Crippen LogP contribution >= 0.6 is 11.3 Å². The van der Waals surface area contributed by atoms with Crippen LogP contribution in [0.2, 0.25) is 0 Å². The molecule has 2 N–H and O–H groups in total. The van der Waals surface area contributed by atoms with Gasteiger partial charge in [0.1, 0.15) is 0 Å². The maximum absolute atomic E-state index is 11.9. The number of carbonyl (C=O) groups excluding carboxylic acids is 2. The minimum atomic E-state index is -0.434. The monoisotopic (exact) mass is 280 g/mol. The molecule has 0 radical (unpaired) electrons. The van der Waals surface area contributed by atoms with E-state index in [1.165, 1.54) is 24.6 Å². The van der Waals surface area contributed by atoms with E-state index in [0.717, 1.165) is 4.88 Å². The molecule has 0 aliphatic heterocycles. The van der Waals surface area contributed by atoms with E-state index in [2.05, 4.69) is 25.5 Å². The molecule has 0 fully saturated rings. The third-order valence-electron chi connectivity index (χ3n) is 2.44. The average Bonchev–Trinajstić information content (AvgIpc) is 3.10. The summed E-state index contributed by atoms with van der Waals surface area (Å²) < 4.78 is 4.63. The van der Waals surface area contributed by atoms with Gasteiger partial charge in [0.2, 0.25) is 0 Å². The summed E-state index contributed by atoms with van der Waals surface area (Å²) in [5.74, 6) is -0.782. The number of nitrogens with zero attached hydrogens (tertiary/aromatic N) is 2. The largest absolute Gasteiger partial charge is 0.469 e. The van der Waals surface area contributed by atoms with Crippen LogP contribution in [0.25, 0.3) is 0 Å². The Kier molecular flexibility index (Phi) is 4.24. The van der Waals surface area contributed by atoms with Crippen molar-refractivity contribution >= 4 is 23.2 Å². The molecule has 0 aromatic carbocycles. The number of ether oxygens (including phenoxy) is 1. The quantitative estimate of drug-likeness (QED) is 0.793. The number of hydrogen-bond acceptors (Lipinski definition) is 6. The Morgan fingerprint density at radius 2 is 2.42 bits per heavy atom. The van der Waals surface area contributed by atoms with Gasteiger partial charge in [-0.05, 0) is 11.4 Å². The number of carbonyl (C=O) groups is 2. The Morgan fingerprint density at radius 1 is 1.58 bits per heavy atom. The molecule has 2 aromatic rings. The van der Waals surface area contributed by atoms with Crippen molar-refractivity contribution in [2.75, 3.05) is 7.11 Å². The summed E-state index contributed by atoms with van der Waals surface area (Å²) in [4.78, 5) is 24.2. The molecule has 1 amide bonds. The molecule has 1 unspecified atom stereocenters. The number of H-pyrrole nitrogens is 1. The molecule has 0 saturated heterocycles. The summed E-state index contributed by atoms with van der Waals surface area (Å²) >= 11 is 1.46. The topological polar surface area (TPSA) is 97.0 Å². The van der Waals surface area contributed by atoms with Crippen molar-refractivity contribution in [2.24, 2.45) is 0 Å². The van der Waals surface area contributed by atoms with Crippen LogP contribution in [0.3, 0.4) is 0 Å². The Hall–Kier alpha value is -2.22. The normalized spacial score (nSPS) is 11.8. The molecule has 19 heavy (non-hydrogen) atoms. The van der Waals surface area contributed by atoms with Gasteiger partial charge in [-0.2, -0.15) is 15.4 Å². The zero-order valence-electron chi connectivity index (χ0n) is 10.1. The fraction of sp³-hybridized carbons (Fsp3) is 0.273. The molecular formula is C11H12N4O3S. The lowest BCUT2D eigenvalue weighted by Crippen LogP contribution is -2.30. The van der Waals surface area contributed by atoms with Gasteiger partial charge in [-0.25, -0.2) is 0 Å². The zero-order valence-corrected chi connectivity index (χ0v) is 10.9. The van der Waals surface area contributed by atoms with Crippen LogP contribution in [0.15, 0.2) is 23.7 Å². The first kappa shape index (κ1) is 13.2. The van der Waals surface area contributed by atoms with Crippen molar-refractivity contribution in [2.45, 2.75) is 12.5 Å². The standard InChI is InChI=1S/C11H12N4O3S/c1-18-10(16)5-7(9-3-2-4-19-9)13-11(17)8-6-12-15-14-8/h2-4,6-7H,5H2,1H3,(H,13,17)(H,12,14,15). The maximum atomic E-state index is 11.9. The van der Waals surface area contributed by atoms with Crippen molar-refractivity contribution in [1.29, 1.82) is 0 Å². The van der Waals surface area contributed by atoms with Crippen LogP contribution in [0.4, 0.5) is 0 Å². The lowest BCUT2D eigenvalue weighted by Gasteiger charge is -2.15. The molecule has 0 aliphatic carbocycles. The molecule has 2 aromatic heterocycles. The molecule has 0 spiro atoms. The van der Waals surface area contributed by atoms with Crippen molar-refractivity contribution in [3.8, 4) is 0 Å². The van der Waals surface area contributed by atoms with E-state index < -0.39 is 11.9 Å². The van der Waals surface area contributed by atoms with Crippen LogP contribution in [0.5, 0.6) is 0 Å². The molecule has 0 bridgehead atoms. The van der Waals surface area contributed by atoms with Gasteiger partial charge >= 0.3 is 5.97 Å². The van der Waals surface area contributed by atoms with Crippen molar-refractivity contribution < 1.29 is 14.3 Å². The van der Waals surface area contributed by atoms with Gasteiger partial charge < -0.3 is 10.1 Å². The predicted molar refractivity (Wildman–Crippen MR) is 67.5 cm³/mol. The summed E-state index contributed by atoms with van der Waals surface area (Å²) in [6.45, 7) is 0. The summed E-state index contributed by atoms with van der Waals surface area (Å²) in [6.07, 6.45) is 1.39. The number of hydrogen-bond donors (Lipinski definition) is 2. The fourth-order valence-corrected chi connectivity index (χ4v) is 2.28. The van der Waals surface area contributed by atoms with E-state index in [-0.39, 0.29) is 18.1 Å². The highest BCUT2D eigenvalue weighted by Crippen LogP contribution is 2.22. The van der Waals surface area contributed by atoms with Gasteiger partial charge in [0, 0.05) is 4.88 Å². The third kappa shape index (κ3) is 3.38. The van der Waals surface area contributed by atoms with Gasteiger partial charge in [-0.1, -0.05) is 6.07 Å². The Balaban J connectivity index is 2.10. The number of methoxy groups -OCH3 is 1. The third-order valence-corrected chi connectivity index (χ3v) is 3.42.